The van der Waals surface area contributed by atoms with Crippen LogP contribution in [-0.4, -0.2) is 58.6 Å². The van der Waals surface area contributed by atoms with Gasteiger partial charge in [0.15, 0.2) is 0 Å². The minimum atomic E-state index is 0.117. The summed E-state index contributed by atoms with van der Waals surface area (Å²) < 4.78 is 1.79. The molecule has 0 radical (unpaired) electrons. The third-order valence-corrected chi connectivity index (χ3v) is 5.17. The van der Waals surface area contributed by atoms with Crippen LogP contribution in [0.25, 0.3) is 0 Å². The van der Waals surface area contributed by atoms with Gasteiger partial charge in [-0.25, -0.2) is 4.98 Å². The van der Waals surface area contributed by atoms with Crippen molar-refractivity contribution in [2.24, 2.45) is 5.92 Å². The molecule has 0 aromatic carbocycles. The first-order chi connectivity index (χ1) is 10.7. The van der Waals surface area contributed by atoms with Crippen LogP contribution in [0.15, 0.2) is 17.3 Å². The molecule has 22 heavy (non-hydrogen) atoms. The van der Waals surface area contributed by atoms with Crippen molar-refractivity contribution in [1.82, 2.24) is 19.4 Å². The van der Waals surface area contributed by atoms with Crippen molar-refractivity contribution >= 4 is 0 Å². The van der Waals surface area contributed by atoms with Gasteiger partial charge in [-0.15, -0.1) is 0 Å². The van der Waals surface area contributed by atoms with Crippen LogP contribution in [-0.2, 0) is 6.54 Å². The first kappa shape index (κ1) is 15.7. The highest BCUT2D eigenvalue weighted by Gasteiger charge is 2.21. The lowest BCUT2D eigenvalue weighted by atomic mass is 9.96. The number of hydrogen-bond acceptors (Lipinski definition) is 4. The van der Waals surface area contributed by atoms with Crippen molar-refractivity contribution in [3.05, 3.63) is 28.4 Å². The number of aromatic nitrogens is 2. The Bertz CT molecular complexity index is 528. The van der Waals surface area contributed by atoms with E-state index in [1.807, 2.05) is 6.92 Å². The Balaban J connectivity index is 1.43. The van der Waals surface area contributed by atoms with Crippen molar-refractivity contribution in [2.45, 2.75) is 39.2 Å². The van der Waals surface area contributed by atoms with Gasteiger partial charge in [-0.05, 0) is 64.7 Å². The van der Waals surface area contributed by atoms with Gasteiger partial charge in [-0.3, -0.25) is 9.36 Å². The third-order valence-electron chi connectivity index (χ3n) is 5.17. The smallest absolute Gasteiger partial charge is 0.256 e. The molecule has 2 saturated heterocycles. The first-order valence-electron chi connectivity index (χ1n) is 8.68. The SMILES string of the molecule is Cc1cncn(CC2CCN(CCN3CCCC3)CC2)c1=O. The zero-order valence-corrected chi connectivity index (χ0v) is 13.7. The lowest BCUT2D eigenvalue weighted by Gasteiger charge is -2.33. The molecule has 2 aliphatic heterocycles. The molecule has 3 heterocycles. The summed E-state index contributed by atoms with van der Waals surface area (Å²) in [5.74, 6) is 0.615. The minimum absolute atomic E-state index is 0.117. The lowest BCUT2D eigenvalue weighted by molar-refractivity contribution is 0.155. The van der Waals surface area contributed by atoms with Gasteiger partial charge in [-0.2, -0.15) is 0 Å². The number of rotatable bonds is 5. The van der Waals surface area contributed by atoms with E-state index in [2.05, 4.69) is 14.8 Å². The van der Waals surface area contributed by atoms with Crippen molar-refractivity contribution < 1.29 is 0 Å². The molecule has 2 fully saturated rings. The topological polar surface area (TPSA) is 41.4 Å². The Morgan fingerprint density at radius 2 is 1.73 bits per heavy atom. The maximum absolute atomic E-state index is 12.1. The number of aryl methyl sites for hydroxylation is 1. The van der Waals surface area contributed by atoms with Crippen LogP contribution in [0.4, 0.5) is 0 Å². The molecule has 0 spiro atoms. The van der Waals surface area contributed by atoms with E-state index in [0.29, 0.717) is 5.92 Å². The van der Waals surface area contributed by atoms with Gasteiger partial charge < -0.3 is 9.80 Å². The summed E-state index contributed by atoms with van der Waals surface area (Å²) in [6.07, 6.45) is 8.48. The molecule has 5 heteroatoms. The maximum atomic E-state index is 12.1. The minimum Gasteiger partial charge on any atom is -0.302 e. The fourth-order valence-corrected chi connectivity index (χ4v) is 3.65. The second kappa shape index (κ2) is 7.38. The highest BCUT2D eigenvalue weighted by atomic mass is 16.1. The predicted molar refractivity (Wildman–Crippen MR) is 88.1 cm³/mol. The summed E-state index contributed by atoms with van der Waals surface area (Å²) in [6.45, 7) is 10.0. The average molecular weight is 304 g/mol. The van der Waals surface area contributed by atoms with Crippen molar-refractivity contribution in [1.29, 1.82) is 0 Å². The summed E-state index contributed by atoms with van der Waals surface area (Å²) in [4.78, 5) is 21.4. The van der Waals surface area contributed by atoms with E-state index in [9.17, 15) is 4.79 Å². The number of hydrogen-bond donors (Lipinski definition) is 0. The standard InChI is InChI=1S/C17H28N4O/c1-15-12-18-14-21(17(15)22)13-16-4-8-20(9-5-16)11-10-19-6-2-3-7-19/h12,14,16H,2-11,13H2,1H3. The van der Waals surface area contributed by atoms with E-state index in [-0.39, 0.29) is 5.56 Å². The van der Waals surface area contributed by atoms with E-state index >= 15 is 0 Å². The Hall–Kier alpha value is -1.20. The van der Waals surface area contributed by atoms with Gasteiger partial charge in [0.25, 0.3) is 5.56 Å². The molecular weight excluding hydrogens is 276 g/mol. The Kier molecular flexibility index (Phi) is 5.26. The highest BCUT2D eigenvalue weighted by Crippen LogP contribution is 2.18. The quantitative estimate of drug-likeness (QED) is 0.824. The van der Waals surface area contributed by atoms with Gasteiger partial charge in [0.05, 0.1) is 6.33 Å². The third kappa shape index (κ3) is 3.96. The zero-order chi connectivity index (χ0) is 15.4. The molecule has 3 rings (SSSR count). The van der Waals surface area contributed by atoms with E-state index in [1.165, 1.54) is 65.0 Å². The maximum Gasteiger partial charge on any atom is 0.256 e. The summed E-state index contributed by atoms with van der Waals surface area (Å²) in [5.41, 5.74) is 0.858. The molecule has 0 aliphatic carbocycles. The molecule has 0 amide bonds. The van der Waals surface area contributed by atoms with Crippen LogP contribution in [0, 0.1) is 12.8 Å². The molecule has 5 nitrogen and oxygen atoms in total. The highest BCUT2D eigenvalue weighted by molar-refractivity contribution is 5.00. The lowest BCUT2D eigenvalue weighted by Crippen LogP contribution is -2.40. The second-order valence-electron chi connectivity index (χ2n) is 6.87. The van der Waals surface area contributed by atoms with E-state index in [0.717, 1.165) is 12.1 Å². The largest absolute Gasteiger partial charge is 0.302 e. The van der Waals surface area contributed by atoms with Gasteiger partial charge in [0.1, 0.15) is 0 Å². The number of nitrogens with zero attached hydrogens (tertiary/aromatic N) is 4. The summed E-state index contributed by atoms with van der Waals surface area (Å²) in [6, 6.07) is 0. The van der Waals surface area contributed by atoms with Crippen LogP contribution in [0.3, 0.4) is 0 Å². The van der Waals surface area contributed by atoms with Crippen LogP contribution in [0.2, 0.25) is 0 Å². The molecule has 0 unspecified atom stereocenters. The van der Waals surface area contributed by atoms with Crippen molar-refractivity contribution in [3.63, 3.8) is 0 Å². The van der Waals surface area contributed by atoms with Crippen LogP contribution < -0.4 is 5.56 Å². The molecule has 0 bridgehead atoms. The van der Waals surface area contributed by atoms with Crippen molar-refractivity contribution in [3.8, 4) is 0 Å². The number of likely N-dealkylation sites (tertiary alicyclic amines) is 2. The molecule has 0 N–H and O–H groups in total. The molecule has 2 aliphatic rings. The molecule has 1 aromatic heterocycles. The normalized spacial score (nSPS) is 21.5. The molecular formula is C17H28N4O. The van der Waals surface area contributed by atoms with E-state index in [4.69, 9.17) is 0 Å². The Labute approximate surface area is 132 Å². The van der Waals surface area contributed by atoms with E-state index in [1.54, 1.807) is 17.1 Å². The van der Waals surface area contributed by atoms with Crippen LogP contribution in [0.1, 0.15) is 31.2 Å². The fourth-order valence-electron chi connectivity index (χ4n) is 3.65. The summed E-state index contributed by atoms with van der Waals surface area (Å²) in [5, 5.41) is 0. The average Bonchev–Trinajstić information content (AvgIpc) is 3.05. The Morgan fingerprint density at radius 1 is 1.09 bits per heavy atom. The molecule has 0 saturated carbocycles. The molecule has 1 aromatic rings. The number of piperidine rings is 1. The van der Waals surface area contributed by atoms with Gasteiger partial charge in [-0.1, -0.05) is 0 Å². The second-order valence-corrected chi connectivity index (χ2v) is 6.87. The van der Waals surface area contributed by atoms with Crippen LogP contribution >= 0.6 is 0 Å². The van der Waals surface area contributed by atoms with Gasteiger partial charge >= 0.3 is 0 Å². The van der Waals surface area contributed by atoms with Gasteiger partial charge in [0.2, 0.25) is 0 Å². The molecule has 0 atom stereocenters. The fraction of sp³-hybridized carbons (Fsp3) is 0.765. The summed E-state index contributed by atoms with van der Waals surface area (Å²) >= 11 is 0. The Morgan fingerprint density at radius 3 is 2.41 bits per heavy atom. The van der Waals surface area contributed by atoms with E-state index < -0.39 is 0 Å². The van der Waals surface area contributed by atoms with Gasteiger partial charge in [0, 0.05) is 31.4 Å². The summed E-state index contributed by atoms with van der Waals surface area (Å²) in [7, 11) is 0. The molecule has 122 valence electrons. The predicted octanol–water partition coefficient (Wildman–Crippen LogP) is 1.36. The monoisotopic (exact) mass is 304 g/mol. The van der Waals surface area contributed by atoms with Crippen molar-refractivity contribution in [2.75, 3.05) is 39.3 Å². The van der Waals surface area contributed by atoms with Crippen LogP contribution in [0.5, 0.6) is 0 Å². The zero-order valence-electron chi connectivity index (χ0n) is 13.7. The first-order valence-corrected chi connectivity index (χ1v) is 8.68.